The van der Waals surface area contributed by atoms with Gasteiger partial charge >= 0.3 is 0 Å². The van der Waals surface area contributed by atoms with Crippen LogP contribution in [0.5, 0.6) is 0 Å². The Labute approximate surface area is 250 Å². The van der Waals surface area contributed by atoms with Crippen LogP contribution in [0.1, 0.15) is 33.7 Å². The number of hydrogen-bond donors (Lipinski definition) is 1. The van der Waals surface area contributed by atoms with Gasteiger partial charge in [0.2, 0.25) is 17.7 Å². The van der Waals surface area contributed by atoms with E-state index in [1.807, 2.05) is 48.5 Å². The van der Waals surface area contributed by atoms with Crippen molar-refractivity contribution >= 4 is 46.9 Å². The summed E-state index contributed by atoms with van der Waals surface area (Å²) in [5, 5.41) is 16.9. The molecule has 8 rings (SSSR count). The van der Waals surface area contributed by atoms with Gasteiger partial charge in [0.05, 0.1) is 28.6 Å². The molecule has 1 heterocycles. The molecule has 0 unspecified atom stereocenters. The number of carbonyl (C=O) groups is 3. The zero-order valence-corrected chi connectivity index (χ0v) is 23.3. The summed E-state index contributed by atoms with van der Waals surface area (Å²) in [5.41, 5.74) is 5.12. The number of carbonyl (C=O) groups excluding carboxylic acids is 3. The van der Waals surface area contributed by atoms with Crippen LogP contribution < -0.4 is 10.3 Å². The van der Waals surface area contributed by atoms with Crippen molar-refractivity contribution in [3.63, 3.8) is 0 Å². The monoisotopic (exact) mass is 590 g/mol. The molecule has 4 aromatic carbocycles. The molecular weight excluding hydrogens is 568 g/mol. The summed E-state index contributed by atoms with van der Waals surface area (Å²) in [5.74, 6) is -3.61. The number of nitro benzene ring substituents is 1. The predicted molar refractivity (Wildman–Crippen MR) is 160 cm³/mol. The summed E-state index contributed by atoms with van der Waals surface area (Å²) in [6.07, 6.45) is 1.62. The van der Waals surface area contributed by atoms with Gasteiger partial charge in [-0.25, -0.2) is 10.3 Å². The van der Waals surface area contributed by atoms with Gasteiger partial charge in [-0.05, 0) is 46.0 Å². The number of benzene rings is 4. The Balaban J connectivity index is 1.36. The number of hydrogen-bond acceptors (Lipinski definition) is 6. The average Bonchev–Trinajstić information content (AvgIpc) is 3.29. The summed E-state index contributed by atoms with van der Waals surface area (Å²) in [6, 6.07) is 27.9. The third-order valence-corrected chi connectivity index (χ3v) is 8.99. The maximum absolute atomic E-state index is 14.4. The molecule has 0 radical (unpaired) electrons. The van der Waals surface area contributed by atoms with Gasteiger partial charge in [0.1, 0.15) is 5.69 Å². The molecule has 0 aromatic heterocycles. The highest BCUT2D eigenvalue weighted by Gasteiger charge is 2.68. The number of nitrogens with one attached hydrogen (secondary N) is 1. The van der Waals surface area contributed by atoms with Crippen LogP contribution in [0.25, 0.3) is 0 Å². The molecule has 1 aliphatic heterocycles. The second kappa shape index (κ2) is 9.99. The van der Waals surface area contributed by atoms with E-state index in [9.17, 15) is 24.5 Å². The lowest BCUT2D eigenvalue weighted by molar-refractivity contribution is -0.384. The molecule has 3 aliphatic carbocycles. The number of para-hydroxylation sites is 2. The van der Waals surface area contributed by atoms with Gasteiger partial charge < -0.3 is 0 Å². The van der Waals surface area contributed by atoms with Crippen molar-refractivity contribution < 1.29 is 19.3 Å². The van der Waals surface area contributed by atoms with Crippen molar-refractivity contribution in [3.05, 3.63) is 140 Å². The highest BCUT2D eigenvalue weighted by atomic mass is 35.5. The summed E-state index contributed by atoms with van der Waals surface area (Å²) in [6.45, 7) is 0. The van der Waals surface area contributed by atoms with Crippen molar-refractivity contribution in [2.45, 2.75) is 17.8 Å². The van der Waals surface area contributed by atoms with Crippen LogP contribution >= 0.6 is 11.6 Å². The molecule has 4 aromatic rings. The molecule has 0 spiro atoms. The Morgan fingerprint density at radius 3 is 2.16 bits per heavy atom. The van der Waals surface area contributed by atoms with Crippen LogP contribution in [0, 0.1) is 22.0 Å². The number of halogens is 1. The van der Waals surface area contributed by atoms with Gasteiger partial charge in [-0.15, -0.1) is 0 Å². The van der Waals surface area contributed by atoms with Gasteiger partial charge in [0.25, 0.3) is 5.69 Å². The fraction of sp³-hybridized carbons (Fsp3) is 0.152. The van der Waals surface area contributed by atoms with Crippen LogP contribution in [-0.2, 0) is 26.2 Å². The molecular formula is C33H23ClN4O5. The number of hydrazone groups is 1. The van der Waals surface area contributed by atoms with Gasteiger partial charge in [-0.3, -0.25) is 24.5 Å². The lowest BCUT2D eigenvalue weighted by Gasteiger charge is -2.52. The Hall–Kier alpha value is -5.15. The Kier molecular flexibility index (Phi) is 6.21. The Bertz CT molecular complexity index is 1820. The Morgan fingerprint density at radius 2 is 1.51 bits per heavy atom. The van der Waals surface area contributed by atoms with Crippen LogP contribution in [0.4, 0.5) is 11.4 Å². The largest absolute Gasteiger partial charge is 0.293 e. The fourth-order valence-electron chi connectivity index (χ4n) is 7.13. The zero-order valence-electron chi connectivity index (χ0n) is 22.5. The first-order chi connectivity index (χ1) is 20.8. The normalized spacial score (nSPS) is 23.2. The number of amides is 3. The van der Waals surface area contributed by atoms with Gasteiger partial charge in [0.15, 0.2) is 0 Å². The van der Waals surface area contributed by atoms with Crippen LogP contribution in [0.3, 0.4) is 0 Å². The fourth-order valence-corrected chi connectivity index (χ4v) is 7.25. The second-order valence-corrected chi connectivity index (χ2v) is 11.3. The maximum atomic E-state index is 14.4. The molecule has 3 amide bonds. The van der Waals surface area contributed by atoms with Crippen LogP contribution in [0.15, 0.2) is 102 Å². The first kappa shape index (κ1) is 26.7. The van der Waals surface area contributed by atoms with Crippen LogP contribution in [0.2, 0.25) is 5.02 Å². The minimum atomic E-state index is -1.22. The smallest absolute Gasteiger partial charge is 0.274 e. The lowest BCUT2D eigenvalue weighted by atomic mass is 9.47. The van der Waals surface area contributed by atoms with Crippen molar-refractivity contribution in [3.8, 4) is 0 Å². The van der Waals surface area contributed by atoms with Gasteiger partial charge in [-0.2, -0.15) is 5.10 Å². The summed E-state index contributed by atoms with van der Waals surface area (Å²) < 4.78 is 0. The van der Waals surface area contributed by atoms with E-state index in [1.165, 1.54) is 18.2 Å². The van der Waals surface area contributed by atoms with E-state index in [2.05, 4.69) is 10.5 Å². The molecule has 1 fully saturated rings. The van der Waals surface area contributed by atoms with Gasteiger partial charge in [0, 0.05) is 23.2 Å². The molecule has 43 heavy (non-hydrogen) atoms. The summed E-state index contributed by atoms with van der Waals surface area (Å²) >= 11 is 5.96. The molecule has 212 valence electrons. The van der Waals surface area contributed by atoms with Crippen molar-refractivity contribution in [1.82, 2.24) is 5.43 Å². The zero-order chi connectivity index (χ0) is 29.9. The van der Waals surface area contributed by atoms with Gasteiger partial charge in [-0.1, -0.05) is 84.4 Å². The summed E-state index contributed by atoms with van der Waals surface area (Å²) in [7, 11) is 0. The maximum Gasteiger partial charge on any atom is 0.293 e. The molecule has 1 saturated heterocycles. The predicted octanol–water partition coefficient (Wildman–Crippen LogP) is 5.14. The van der Waals surface area contributed by atoms with E-state index in [1.54, 1.807) is 36.5 Å². The molecule has 2 bridgehead atoms. The molecule has 4 aliphatic rings. The minimum Gasteiger partial charge on any atom is -0.274 e. The first-order valence-electron chi connectivity index (χ1n) is 13.7. The third-order valence-electron chi connectivity index (χ3n) is 8.74. The van der Waals surface area contributed by atoms with Crippen LogP contribution in [-0.4, -0.2) is 28.9 Å². The average molecular weight is 591 g/mol. The molecule has 10 heteroatoms. The number of imide groups is 1. The third kappa shape index (κ3) is 3.92. The number of anilines is 1. The van der Waals surface area contributed by atoms with E-state index in [0.29, 0.717) is 5.02 Å². The summed E-state index contributed by atoms with van der Waals surface area (Å²) in [4.78, 5) is 53.8. The number of rotatable bonds is 6. The molecule has 1 N–H and O–H groups in total. The van der Waals surface area contributed by atoms with E-state index in [-0.39, 0.29) is 23.7 Å². The number of nitrogens with zero attached hydrogens (tertiary/aromatic N) is 3. The topological polar surface area (TPSA) is 122 Å². The lowest BCUT2D eigenvalue weighted by Crippen LogP contribution is -2.54. The van der Waals surface area contributed by atoms with E-state index in [0.717, 1.165) is 32.7 Å². The SMILES string of the molecule is O=C(Cc1ccc(Cl)cc1)N/N=C\C12c3ccccc3C(c3ccccc31)[C@@H]1C(=O)N(c3ccccc3[N+](=O)[O-])C(=O)[C@@H]12. The highest BCUT2D eigenvalue weighted by Crippen LogP contribution is 2.63. The first-order valence-corrected chi connectivity index (χ1v) is 14.1. The van der Waals surface area contributed by atoms with Crippen molar-refractivity contribution in [2.75, 3.05) is 4.90 Å². The minimum absolute atomic E-state index is 0.0612. The highest BCUT2D eigenvalue weighted by molar-refractivity contribution is 6.30. The van der Waals surface area contributed by atoms with Crippen molar-refractivity contribution in [1.29, 1.82) is 0 Å². The van der Waals surface area contributed by atoms with E-state index >= 15 is 0 Å². The molecule has 9 nitrogen and oxygen atoms in total. The molecule has 0 saturated carbocycles. The standard InChI is InChI=1S/C33H23ClN4O5/c34-20-15-13-19(14-16-20)17-27(39)36-35-18-33-23-9-3-1-7-21(23)28(22-8-2-4-10-24(22)33)29-30(33)32(41)37(31(29)40)25-11-5-6-12-26(25)38(42)43/h1-16,18,28-30H,17H2,(H,36,39)/b35-18-/t28?,29-,30+,33?/m0/s1. The van der Waals surface area contributed by atoms with E-state index in [4.69, 9.17) is 11.6 Å². The quantitative estimate of drug-likeness (QED) is 0.144. The Morgan fingerprint density at radius 1 is 0.907 bits per heavy atom. The van der Waals surface area contributed by atoms with Crippen molar-refractivity contribution in [2.24, 2.45) is 16.9 Å². The molecule has 2 atom stereocenters. The number of nitro groups is 1. The second-order valence-electron chi connectivity index (χ2n) is 10.9. The van der Waals surface area contributed by atoms with E-state index < -0.39 is 39.9 Å².